The molecule has 1 fully saturated rings. The quantitative estimate of drug-likeness (QED) is 0.909. The molecule has 0 saturated carbocycles. The van der Waals surface area contributed by atoms with Crippen LogP contribution in [0.1, 0.15) is 28.9 Å². The van der Waals surface area contributed by atoms with Gasteiger partial charge in [0.2, 0.25) is 0 Å². The Morgan fingerprint density at radius 1 is 1.55 bits per heavy atom. The van der Waals surface area contributed by atoms with Crippen LogP contribution in [0.3, 0.4) is 0 Å². The number of hydrogen-bond donors (Lipinski definition) is 1. The van der Waals surface area contributed by atoms with E-state index in [1.165, 1.54) is 6.20 Å². The molecule has 1 atom stereocenters. The Balaban J connectivity index is 1.77. The molecule has 0 aliphatic carbocycles. The van der Waals surface area contributed by atoms with Crippen LogP contribution in [-0.4, -0.2) is 40.0 Å². The summed E-state index contributed by atoms with van der Waals surface area (Å²) in [6, 6.07) is 2.00. The molecule has 1 saturated heterocycles. The first kappa shape index (κ1) is 14.9. The van der Waals surface area contributed by atoms with Gasteiger partial charge in [0.05, 0.1) is 12.3 Å². The van der Waals surface area contributed by atoms with Crippen LogP contribution < -0.4 is 5.56 Å². The molecule has 0 unspecified atom stereocenters. The number of thiophene rings is 1. The van der Waals surface area contributed by atoms with E-state index in [4.69, 9.17) is 4.74 Å². The average molecular weight is 319 g/mol. The molecule has 7 heteroatoms. The fourth-order valence-corrected chi connectivity index (χ4v) is 3.14. The summed E-state index contributed by atoms with van der Waals surface area (Å²) >= 11 is 1.60. The number of carbonyl (C=O) groups excluding carboxylic acids is 1. The maximum atomic E-state index is 12.7. The van der Waals surface area contributed by atoms with Gasteiger partial charge in [0.1, 0.15) is 5.69 Å². The smallest absolute Gasteiger partial charge is 0.274 e. The topological polar surface area (TPSA) is 75.3 Å². The van der Waals surface area contributed by atoms with Crippen LogP contribution in [0, 0.1) is 0 Å². The van der Waals surface area contributed by atoms with Gasteiger partial charge >= 0.3 is 0 Å². The summed E-state index contributed by atoms with van der Waals surface area (Å²) in [5.74, 6) is -0.196. The summed E-state index contributed by atoms with van der Waals surface area (Å²) in [5.41, 5.74) is 1.01. The Morgan fingerprint density at radius 3 is 3.09 bits per heavy atom. The van der Waals surface area contributed by atoms with Crippen molar-refractivity contribution >= 4 is 17.2 Å². The van der Waals surface area contributed by atoms with Crippen molar-refractivity contribution in [1.82, 2.24) is 14.9 Å². The molecule has 116 valence electrons. The average Bonchev–Trinajstić information content (AvgIpc) is 3.20. The molecule has 1 amide bonds. The van der Waals surface area contributed by atoms with Crippen LogP contribution >= 0.6 is 11.3 Å². The van der Waals surface area contributed by atoms with Gasteiger partial charge in [-0.15, -0.1) is 0 Å². The van der Waals surface area contributed by atoms with Gasteiger partial charge in [-0.3, -0.25) is 9.59 Å². The van der Waals surface area contributed by atoms with Gasteiger partial charge in [0.25, 0.3) is 11.5 Å². The second-order valence-corrected chi connectivity index (χ2v) is 6.03. The minimum absolute atomic E-state index is 0.0744. The van der Waals surface area contributed by atoms with E-state index in [-0.39, 0.29) is 23.3 Å². The number of nitrogens with zero attached hydrogens (tertiary/aromatic N) is 2. The third kappa shape index (κ3) is 3.61. The van der Waals surface area contributed by atoms with Crippen LogP contribution in [-0.2, 0) is 11.3 Å². The van der Waals surface area contributed by atoms with Crippen LogP contribution in [0.15, 0.2) is 34.0 Å². The summed E-state index contributed by atoms with van der Waals surface area (Å²) in [4.78, 5) is 31.9. The zero-order chi connectivity index (χ0) is 15.4. The third-order valence-electron chi connectivity index (χ3n) is 3.58. The Morgan fingerprint density at radius 2 is 2.45 bits per heavy atom. The lowest BCUT2D eigenvalue weighted by molar-refractivity contribution is 0.0502. The van der Waals surface area contributed by atoms with Crippen molar-refractivity contribution in [2.75, 3.05) is 13.2 Å². The molecule has 0 radical (unpaired) electrons. The predicted octanol–water partition coefficient (Wildman–Crippen LogP) is 1.65. The number of rotatable bonds is 5. The number of hydrogen-bond acceptors (Lipinski definition) is 5. The Labute approximate surface area is 131 Å². The highest BCUT2D eigenvalue weighted by molar-refractivity contribution is 7.07. The highest BCUT2D eigenvalue weighted by Gasteiger charge is 2.24. The van der Waals surface area contributed by atoms with E-state index >= 15 is 0 Å². The number of H-pyrrole nitrogens is 1. The predicted molar refractivity (Wildman–Crippen MR) is 82.9 cm³/mol. The van der Waals surface area contributed by atoms with Crippen LogP contribution in [0.4, 0.5) is 0 Å². The van der Waals surface area contributed by atoms with Crippen LogP contribution in [0.2, 0.25) is 0 Å². The van der Waals surface area contributed by atoms with E-state index in [1.54, 1.807) is 16.2 Å². The first-order valence-corrected chi connectivity index (χ1v) is 8.13. The van der Waals surface area contributed by atoms with Crippen molar-refractivity contribution in [3.8, 4) is 0 Å². The molecule has 3 heterocycles. The summed E-state index contributed by atoms with van der Waals surface area (Å²) in [6.07, 6.45) is 4.56. The fourth-order valence-electron chi connectivity index (χ4n) is 2.48. The molecule has 1 aliphatic rings. The molecule has 6 nitrogen and oxygen atoms in total. The second kappa shape index (κ2) is 6.85. The van der Waals surface area contributed by atoms with E-state index in [9.17, 15) is 9.59 Å². The number of amides is 1. The monoisotopic (exact) mass is 319 g/mol. The van der Waals surface area contributed by atoms with Gasteiger partial charge in [0, 0.05) is 25.9 Å². The minimum atomic E-state index is -0.319. The van der Waals surface area contributed by atoms with Crippen molar-refractivity contribution in [2.45, 2.75) is 25.5 Å². The molecular weight excluding hydrogens is 302 g/mol. The molecule has 1 N–H and O–H groups in total. The molecule has 1 aliphatic heterocycles. The van der Waals surface area contributed by atoms with Gasteiger partial charge in [-0.05, 0) is 35.2 Å². The molecule has 3 rings (SSSR count). The maximum absolute atomic E-state index is 12.7. The number of carbonyl (C=O) groups is 1. The van der Waals surface area contributed by atoms with E-state index in [2.05, 4.69) is 9.97 Å². The van der Waals surface area contributed by atoms with E-state index in [0.717, 1.165) is 31.2 Å². The number of aromatic amines is 1. The van der Waals surface area contributed by atoms with Crippen LogP contribution in [0.5, 0.6) is 0 Å². The van der Waals surface area contributed by atoms with E-state index in [0.29, 0.717) is 13.1 Å². The standard InChI is InChI=1S/C15H17N3O3S/c19-14-7-16-13(6-17-14)15(20)18(8-11-3-5-22-10-11)9-12-2-1-4-21-12/h3,5-7,10,12H,1-2,4,8-9H2,(H,17,19)/t12-/m0/s1. The lowest BCUT2D eigenvalue weighted by atomic mass is 10.2. The number of aromatic nitrogens is 2. The molecular formula is C15H17N3O3S. The zero-order valence-electron chi connectivity index (χ0n) is 12.0. The maximum Gasteiger partial charge on any atom is 0.274 e. The largest absolute Gasteiger partial charge is 0.376 e. The summed E-state index contributed by atoms with van der Waals surface area (Å²) < 4.78 is 5.64. The first-order valence-electron chi connectivity index (χ1n) is 7.19. The van der Waals surface area contributed by atoms with Gasteiger partial charge in [-0.1, -0.05) is 0 Å². The van der Waals surface area contributed by atoms with Gasteiger partial charge in [-0.2, -0.15) is 11.3 Å². The van der Waals surface area contributed by atoms with Crippen molar-refractivity contribution in [3.63, 3.8) is 0 Å². The summed E-state index contributed by atoms with van der Waals surface area (Å²) in [7, 11) is 0. The molecule has 2 aromatic rings. The molecule has 0 spiro atoms. The van der Waals surface area contributed by atoms with E-state index < -0.39 is 0 Å². The Hall–Kier alpha value is -1.99. The normalized spacial score (nSPS) is 17.5. The highest BCUT2D eigenvalue weighted by atomic mass is 32.1. The van der Waals surface area contributed by atoms with Crippen molar-refractivity contribution in [2.24, 2.45) is 0 Å². The van der Waals surface area contributed by atoms with E-state index in [1.807, 2.05) is 16.8 Å². The third-order valence-corrected chi connectivity index (χ3v) is 4.31. The number of ether oxygens (including phenoxy) is 1. The van der Waals surface area contributed by atoms with Gasteiger partial charge in [0.15, 0.2) is 0 Å². The van der Waals surface area contributed by atoms with Gasteiger partial charge < -0.3 is 14.6 Å². The first-order chi connectivity index (χ1) is 10.7. The SMILES string of the molecule is O=C(c1c[nH]c(=O)cn1)N(Cc1ccsc1)C[C@@H]1CCCO1. The Bertz CT molecular complexity index is 657. The zero-order valence-corrected chi connectivity index (χ0v) is 12.8. The number of nitrogens with one attached hydrogen (secondary N) is 1. The van der Waals surface area contributed by atoms with Crippen LogP contribution in [0.25, 0.3) is 0 Å². The lowest BCUT2D eigenvalue weighted by Gasteiger charge is -2.24. The summed E-state index contributed by atoms with van der Waals surface area (Å²) in [5, 5.41) is 4.01. The second-order valence-electron chi connectivity index (χ2n) is 5.25. The van der Waals surface area contributed by atoms with Crippen molar-refractivity contribution < 1.29 is 9.53 Å². The fraction of sp³-hybridized carbons (Fsp3) is 0.400. The molecule has 2 aromatic heterocycles. The van der Waals surface area contributed by atoms with Crippen molar-refractivity contribution in [3.05, 3.63) is 50.8 Å². The molecule has 22 heavy (non-hydrogen) atoms. The van der Waals surface area contributed by atoms with Crippen molar-refractivity contribution in [1.29, 1.82) is 0 Å². The Kier molecular flexibility index (Phi) is 4.65. The lowest BCUT2D eigenvalue weighted by Crippen LogP contribution is -2.37. The molecule has 0 aromatic carbocycles. The minimum Gasteiger partial charge on any atom is -0.376 e. The highest BCUT2D eigenvalue weighted by Crippen LogP contribution is 2.17. The van der Waals surface area contributed by atoms with Gasteiger partial charge in [-0.25, -0.2) is 4.98 Å². The summed E-state index contributed by atoms with van der Waals surface area (Å²) in [6.45, 7) is 1.81. The molecule has 0 bridgehead atoms.